The summed E-state index contributed by atoms with van der Waals surface area (Å²) in [4.78, 5) is 3.71. The molecule has 0 bridgehead atoms. The van der Waals surface area contributed by atoms with E-state index in [2.05, 4.69) is 60.4 Å². The zero-order chi connectivity index (χ0) is 16.8. The second-order valence-electron chi connectivity index (χ2n) is 6.10. The molecule has 0 saturated heterocycles. The largest absolute Gasteiger partial charge is 0.228 e. The Morgan fingerprint density at radius 1 is 0.708 bits per heavy atom. The van der Waals surface area contributed by atoms with Crippen LogP contribution in [0.4, 0.5) is 4.39 Å². The number of pyridine rings is 1. The predicted octanol–water partition coefficient (Wildman–Crippen LogP) is 6.29. The van der Waals surface area contributed by atoms with Gasteiger partial charge in [-0.2, -0.15) is 4.39 Å². The quantitative estimate of drug-likeness (QED) is 0.384. The minimum absolute atomic E-state index is 0.450. The van der Waals surface area contributed by atoms with Crippen LogP contribution in [-0.4, -0.2) is 4.98 Å². The molecule has 0 N–H and O–H groups in total. The van der Waals surface area contributed by atoms with Crippen LogP contribution in [0.5, 0.6) is 0 Å². The van der Waals surface area contributed by atoms with Gasteiger partial charge in [0.15, 0.2) is 0 Å². The fourth-order valence-electron chi connectivity index (χ4n) is 2.84. The number of hydrogen-bond donors (Lipinski definition) is 0. The van der Waals surface area contributed by atoms with Gasteiger partial charge in [-0.3, -0.25) is 0 Å². The van der Waals surface area contributed by atoms with Crippen molar-refractivity contribution in [3.05, 3.63) is 78.4 Å². The van der Waals surface area contributed by atoms with Crippen LogP contribution in [0.3, 0.4) is 0 Å². The van der Waals surface area contributed by atoms with Gasteiger partial charge in [0.2, 0.25) is 5.95 Å². The molecular weight excluding hydrogens is 297 g/mol. The summed E-state index contributed by atoms with van der Waals surface area (Å²) >= 11 is 0. The lowest BCUT2D eigenvalue weighted by atomic mass is 9.99. The molecule has 0 aliphatic rings. The van der Waals surface area contributed by atoms with Crippen molar-refractivity contribution in [2.45, 2.75) is 32.6 Å². The third-order valence-corrected chi connectivity index (χ3v) is 4.30. The summed E-state index contributed by atoms with van der Waals surface area (Å²) in [5.74, 6) is -0.450. The second kappa shape index (κ2) is 7.87. The molecule has 0 radical (unpaired) electrons. The number of benzene rings is 2. The summed E-state index contributed by atoms with van der Waals surface area (Å²) in [5, 5.41) is 0. The molecule has 24 heavy (non-hydrogen) atoms. The monoisotopic (exact) mass is 319 g/mol. The molecule has 2 aromatic carbocycles. The number of aromatic nitrogens is 1. The van der Waals surface area contributed by atoms with Crippen molar-refractivity contribution >= 4 is 0 Å². The summed E-state index contributed by atoms with van der Waals surface area (Å²) in [6.45, 7) is 2.23. The lowest BCUT2D eigenvalue weighted by Crippen LogP contribution is -1.86. The molecule has 0 aliphatic carbocycles. The summed E-state index contributed by atoms with van der Waals surface area (Å²) in [5.41, 5.74) is 5.78. The first-order chi connectivity index (χ1) is 11.8. The zero-order valence-electron chi connectivity index (χ0n) is 14.0. The minimum Gasteiger partial charge on any atom is -0.228 e. The molecule has 2 heteroatoms. The van der Waals surface area contributed by atoms with Gasteiger partial charge in [-0.1, -0.05) is 68.3 Å². The van der Waals surface area contributed by atoms with Gasteiger partial charge in [0.25, 0.3) is 0 Å². The number of hydrogen-bond acceptors (Lipinski definition) is 1. The van der Waals surface area contributed by atoms with Crippen molar-refractivity contribution in [2.24, 2.45) is 0 Å². The molecule has 0 aliphatic heterocycles. The second-order valence-corrected chi connectivity index (χ2v) is 6.10. The number of nitrogens with zero attached hydrogens (tertiary/aromatic N) is 1. The molecule has 0 fully saturated rings. The average molecular weight is 319 g/mol. The van der Waals surface area contributed by atoms with Gasteiger partial charge in [0, 0.05) is 11.8 Å². The van der Waals surface area contributed by atoms with E-state index in [0.29, 0.717) is 0 Å². The van der Waals surface area contributed by atoms with E-state index in [1.807, 2.05) is 0 Å². The van der Waals surface area contributed by atoms with Crippen LogP contribution in [0.1, 0.15) is 31.7 Å². The molecule has 0 amide bonds. The molecule has 122 valence electrons. The van der Waals surface area contributed by atoms with Gasteiger partial charge < -0.3 is 0 Å². The van der Waals surface area contributed by atoms with E-state index < -0.39 is 5.95 Å². The first-order valence-corrected chi connectivity index (χ1v) is 8.57. The Bertz CT molecular complexity index is 759. The Morgan fingerprint density at radius 2 is 1.25 bits per heavy atom. The highest BCUT2D eigenvalue weighted by atomic mass is 19.1. The van der Waals surface area contributed by atoms with Gasteiger partial charge in [0.05, 0.1) is 0 Å². The molecule has 1 aromatic heterocycles. The number of aryl methyl sites for hydroxylation is 1. The van der Waals surface area contributed by atoms with Crippen molar-refractivity contribution in [1.82, 2.24) is 4.98 Å². The molecule has 3 rings (SSSR count). The van der Waals surface area contributed by atoms with E-state index in [0.717, 1.165) is 17.5 Å². The van der Waals surface area contributed by atoms with Crippen LogP contribution in [0.15, 0.2) is 66.9 Å². The van der Waals surface area contributed by atoms with Gasteiger partial charge >= 0.3 is 0 Å². The number of halogens is 1. The molecule has 0 unspecified atom stereocenters. The van der Waals surface area contributed by atoms with Crippen LogP contribution in [0, 0.1) is 5.95 Å². The van der Waals surface area contributed by atoms with E-state index in [-0.39, 0.29) is 0 Å². The Labute approximate surface area is 143 Å². The molecule has 0 atom stereocenters. The highest BCUT2D eigenvalue weighted by Gasteiger charge is 2.02. The average Bonchev–Trinajstić information content (AvgIpc) is 2.63. The standard InChI is InChI=1S/C22H22FN/c1-2-3-4-5-17-6-8-18(9-7-17)19-10-12-20(13-11-19)21-14-15-22(23)24-16-21/h6-16H,2-5H2,1H3. The fourth-order valence-corrected chi connectivity index (χ4v) is 2.84. The highest BCUT2D eigenvalue weighted by molar-refractivity contribution is 5.70. The third-order valence-electron chi connectivity index (χ3n) is 4.30. The lowest BCUT2D eigenvalue weighted by molar-refractivity contribution is 0.584. The molecule has 0 spiro atoms. The maximum absolute atomic E-state index is 12.9. The fraction of sp³-hybridized carbons (Fsp3) is 0.227. The van der Waals surface area contributed by atoms with Crippen LogP contribution in [0.25, 0.3) is 22.3 Å². The van der Waals surface area contributed by atoms with Crippen LogP contribution in [-0.2, 0) is 6.42 Å². The van der Waals surface area contributed by atoms with Crippen LogP contribution >= 0.6 is 0 Å². The maximum Gasteiger partial charge on any atom is 0.212 e. The Balaban J connectivity index is 1.72. The van der Waals surface area contributed by atoms with E-state index in [1.165, 1.54) is 42.0 Å². The smallest absolute Gasteiger partial charge is 0.212 e. The van der Waals surface area contributed by atoms with Gasteiger partial charge in [-0.05, 0) is 47.2 Å². The van der Waals surface area contributed by atoms with E-state index >= 15 is 0 Å². The van der Waals surface area contributed by atoms with Gasteiger partial charge in [0.1, 0.15) is 0 Å². The number of rotatable bonds is 6. The highest BCUT2D eigenvalue weighted by Crippen LogP contribution is 2.25. The molecular formula is C22H22FN. The molecule has 3 aromatic rings. The third kappa shape index (κ3) is 4.08. The Kier molecular flexibility index (Phi) is 5.37. The van der Waals surface area contributed by atoms with Gasteiger partial charge in [-0.15, -0.1) is 0 Å². The van der Waals surface area contributed by atoms with Crippen molar-refractivity contribution in [3.63, 3.8) is 0 Å². The van der Waals surface area contributed by atoms with E-state index in [4.69, 9.17) is 0 Å². The SMILES string of the molecule is CCCCCc1ccc(-c2ccc(-c3ccc(F)nc3)cc2)cc1. The van der Waals surface area contributed by atoms with Crippen molar-refractivity contribution in [1.29, 1.82) is 0 Å². The van der Waals surface area contributed by atoms with Gasteiger partial charge in [-0.25, -0.2) is 4.98 Å². The molecule has 0 saturated carbocycles. The predicted molar refractivity (Wildman–Crippen MR) is 98.3 cm³/mol. The Morgan fingerprint density at radius 3 is 1.79 bits per heavy atom. The molecule has 1 nitrogen and oxygen atoms in total. The summed E-state index contributed by atoms with van der Waals surface area (Å²) < 4.78 is 12.9. The van der Waals surface area contributed by atoms with E-state index in [9.17, 15) is 4.39 Å². The maximum atomic E-state index is 12.9. The summed E-state index contributed by atoms with van der Waals surface area (Å²) in [6, 6.07) is 20.3. The van der Waals surface area contributed by atoms with Crippen molar-refractivity contribution in [3.8, 4) is 22.3 Å². The van der Waals surface area contributed by atoms with Crippen LogP contribution < -0.4 is 0 Å². The first-order valence-electron chi connectivity index (χ1n) is 8.57. The topological polar surface area (TPSA) is 12.9 Å². The summed E-state index contributed by atoms with van der Waals surface area (Å²) in [7, 11) is 0. The lowest BCUT2D eigenvalue weighted by Gasteiger charge is -2.06. The van der Waals surface area contributed by atoms with Crippen LogP contribution in [0.2, 0.25) is 0 Å². The zero-order valence-corrected chi connectivity index (χ0v) is 14.0. The molecule has 1 heterocycles. The first kappa shape index (κ1) is 16.4. The van der Waals surface area contributed by atoms with E-state index in [1.54, 1.807) is 12.3 Å². The number of unbranched alkanes of at least 4 members (excludes halogenated alkanes) is 2. The summed E-state index contributed by atoms with van der Waals surface area (Å²) in [6.07, 6.45) is 6.53. The van der Waals surface area contributed by atoms with Crippen molar-refractivity contribution < 1.29 is 4.39 Å². The Hall–Kier alpha value is -2.48. The minimum atomic E-state index is -0.450. The van der Waals surface area contributed by atoms with Crippen molar-refractivity contribution in [2.75, 3.05) is 0 Å². The normalized spacial score (nSPS) is 10.8.